The highest BCUT2D eigenvalue weighted by atomic mass is 16.3. The number of aliphatic hydroxyl groups excluding tert-OH is 1. The minimum atomic E-state index is -0.238. The van der Waals surface area contributed by atoms with Crippen LogP contribution in [-0.4, -0.2) is 33.4 Å². The Bertz CT molecular complexity index is 333. The molecule has 1 heterocycles. The lowest BCUT2D eigenvalue weighted by Gasteiger charge is -2.10. The summed E-state index contributed by atoms with van der Waals surface area (Å²) >= 11 is 0. The van der Waals surface area contributed by atoms with E-state index < -0.39 is 0 Å². The Balaban J connectivity index is 2.74. The summed E-state index contributed by atoms with van der Waals surface area (Å²) in [5, 5.41) is 15.5. The summed E-state index contributed by atoms with van der Waals surface area (Å²) in [4.78, 5) is 11.6. The average Bonchev–Trinajstić information content (AvgIpc) is 2.45. The third-order valence-corrected chi connectivity index (χ3v) is 1.89. The van der Waals surface area contributed by atoms with Gasteiger partial charge in [0.1, 0.15) is 5.69 Å². The minimum Gasteiger partial charge on any atom is -0.394 e. The second kappa shape index (κ2) is 4.23. The molecular formula is C9H15N3O2. The van der Waals surface area contributed by atoms with Crippen LogP contribution in [0.1, 0.15) is 23.1 Å². The number of carbonyl (C=O) groups excluding carboxylic acids is 1. The third kappa shape index (κ3) is 2.32. The van der Waals surface area contributed by atoms with E-state index in [2.05, 4.69) is 10.4 Å². The number of amides is 1. The molecule has 0 unspecified atom stereocenters. The fraction of sp³-hybridized carbons (Fsp3) is 0.556. The Kier molecular flexibility index (Phi) is 3.24. The molecule has 1 atom stereocenters. The Labute approximate surface area is 82.7 Å². The predicted octanol–water partition coefficient (Wildman–Crippen LogP) is -0.161. The smallest absolute Gasteiger partial charge is 0.269 e. The van der Waals surface area contributed by atoms with Gasteiger partial charge in [0, 0.05) is 13.1 Å². The zero-order chi connectivity index (χ0) is 10.7. The lowest BCUT2D eigenvalue weighted by atomic mass is 10.3. The average molecular weight is 197 g/mol. The fourth-order valence-electron chi connectivity index (χ4n) is 1.17. The lowest BCUT2D eigenvalue weighted by Crippen LogP contribution is -2.36. The maximum absolute atomic E-state index is 11.6. The lowest BCUT2D eigenvalue weighted by molar-refractivity contribution is 0.0913. The predicted molar refractivity (Wildman–Crippen MR) is 52.0 cm³/mol. The van der Waals surface area contributed by atoms with Gasteiger partial charge in [0.15, 0.2) is 0 Å². The van der Waals surface area contributed by atoms with Gasteiger partial charge >= 0.3 is 0 Å². The summed E-state index contributed by atoms with van der Waals surface area (Å²) in [6.45, 7) is 3.50. The van der Waals surface area contributed by atoms with Gasteiger partial charge in [-0.1, -0.05) is 0 Å². The van der Waals surface area contributed by atoms with Gasteiger partial charge in [-0.3, -0.25) is 9.48 Å². The van der Waals surface area contributed by atoms with Crippen molar-refractivity contribution in [1.82, 2.24) is 15.1 Å². The Morgan fingerprint density at radius 2 is 2.43 bits per heavy atom. The van der Waals surface area contributed by atoms with E-state index in [-0.39, 0.29) is 18.6 Å². The highest BCUT2D eigenvalue weighted by molar-refractivity contribution is 5.92. The fourth-order valence-corrected chi connectivity index (χ4v) is 1.17. The number of hydrogen-bond donors (Lipinski definition) is 2. The summed E-state index contributed by atoms with van der Waals surface area (Å²) < 4.78 is 1.52. The number of rotatable bonds is 3. The van der Waals surface area contributed by atoms with Crippen LogP contribution in [-0.2, 0) is 7.05 Å². The first-order valence-electron chi connectivity index (χ1n) is 4.47. The number of aryl methyl sites for hydroxylation is 2. The van der Waals surface area contributed by atoms with Crippen LogP contribution in [0.5, 0.6) is 0 Å². The van der Waals surface area contributed by atoms with Crippen molar-refractivity contribution in [3.05, 3.63) is 17.5 Å². The van der Waals surface area contributed by atoms with Crippen molar-refractivity contribution < 1.29 is 9.90 Å². The summed E-state index contributed by atoms with van der Waals surface area (Å²) in [7, 11) is 1.71. The molecule has 1 amide bonds. The zero-order valence-electron chi connectivity index (χ0n) is 8.61. The second-order valence-electron chi connectivity index (χ2n) is 3.35. The normalized spacial score (nSPS) is 12.6. The molecule has 0 bridgehead atoms. The number of nitrogens with zero attached hydrogens (tertiary/aromatic N) is 2. The molecule has 5 nitrogen and oxygen atoms in total. The molecule has 2 N–H and O–H groups in total. The van der Waals surface area contributed by atoms with Gasteiger partial charge in [0.25, 0.3) is 5.91 Å². The summed E-state index contributed by atoms with van der Waals surface area (Å²) in [6, 6.07) is 1.47. The molecule has 0 saturated carbocycles. The maximum Gasteiger partial charge on any atom is 0.269 e. The van der Waals surface area contributed by atoms with Crippen molar-refractivity contribution in [3.8, 4) is 0 Å². The van der Waals surface area contributed by atoms with Crippen molar-refractivity contribution in [2.75, 3.05) is 6.61 Å². The Morgan fingerprint density at radius 1 is 1.79 bits per heavy atom. The molecule has 0 fully saturated rings. The first-order valence-corrected chi connectivity index (χ1v) is 4.47. The highest BCUT2D eigenvalue weighted by Gasteiger charge is 2.13. The van der Waals surface area contributed by atoms with E-state index in [0.717, 1.165) is 5.69 Å². The van der Waals surface area contributed by atoms with E-state index in [9.17, 15) is 4.79 Å². The van der Waals surface area contributed by atoms with Crippen LogP contribution in [0.2, 0.25) is 0 Å². The van der Waals surface area contributed by atoms with Crippen LogP contribution in [0.25, 0.3) is 0 Å². The van der Waals surface area contributed by atoms with E-state index in [4.69, 9.17) is 5.11 Å². The van der Waals surface area contributed by atoms with Crippen molar-refractivity contribution in [2.24, 2.45) is 7.05 Å². The number of aliphatic hydroxyl groups is 1. The van der Waals surface area contributed by atoms with E-state index in [1.807, 2.05) is 6.92 Å². The molecule has 0 aliphatic rings. The largest absolute Gasteiger partial charge is 0.394 e. The number of aromatic nitrogens is 2. The molecule has 0 aromatic carbocycles. The van der Waals surface area contributed by atoms with E-state index >= 15 is 0 Å². The molecule has 1 aromatic heterocycles. The monoisotopic (exact) mass is 197 g/mol. The molecule has 1 rings (SSSR count). The molecule has 0 radical (unpaired) electrons. The van der Waals surface area contributed by atoms with Crippen LogP contribution in [0.15, 0.2) is 6.07 Å². The molecule has 0 aliphatic carbocycles. The van der Waals surface area contributed by atoms with Gasteiger partial charge in [-0.25, -0.2) is 0 Å². The molecular weight excluding hydrogens is 182 g/mol. The van der Waals surface area contributed by atoms with Crippen LogP contribution < -0.4 is 5.32 Å². The van der Waals surface area contributed by atoms with Crippen molar-refractivity contribution in [2.45, 2.75) is 19.9 Å². The summed E-state index contributed by atoms with van der Waals surface area (Å²) in [5.41, 5.74) is 1.30. The second-order valence-corrected chi connectivity index (χ2v) is 3.35. The Hall–Kier alpha value is -1.36. The Morgan fingerprint density at radius 3 is 2.86 bits per heavy atom. The van der Waals surface area contributed by atoms with E-state index in [0.29, 0.717) is 5.69 Å². The summed E-state index contributed by atoms with van der Waals surface area (Å²) in [6.07, 6.45) is 0. The number of hydrogen-bond acceptors (Lipinski definition) is 3. The van der Waals surface area contributed by atoms with Gasteiger partial charge < -0.3 is 10.4 Å². The van der Waals surface area contributed by atoms with Crippen LogP contribution in [0.4, 0.5) is 0 Å². The molecule has 78 valence electrons. The number of carbonyl (C=O) groups is 1. The quantitative estimate of drug-likeness (QED) is 0.707. The van der Waals surface area contributed by atoms with E-state index in [1.165, 1.54) is 4.68 Å². The topological polar surface area (TPSA) is 67.2 Å². The first-order chi connectivity index (χ1) is 6.54. The van der Waals surface area contributed by atoms with Gasteiger partial charge in [-0.2, -0.15) is 5.10 Å². The van der Waals surface area contributed by atoms with Crippen LogP contribution in [0.3, 0.4) is 0 Å². The van der Waals surface area contributed by atoms with Gasteiger partial charge in [-0.15, -0.1) is 0 Å². The third-order valence-electron chi connectivity index (χ3n) is 1.89. The number of nitrogens with one attached hydrogen (secondary N) is 1. The molecule has 0 aliphatic heterocycles. The van der Waals surface area contributed by atoms with Gasteiger partial charge in [0.2, 0.25) is 0 Å². The van der Waals surface area contributed by atoms with Crippen molar-refractivity contribution in [3.63, 3.8) is 0 Å². The van der Waals surface area contributed by atoms with Crippen LogP contribution >= 0.6 is 0 Å². The standard InChI is InChI=1S/C9H15N3O2/c1-6-4-8(12(3)11-6)9(14)10-7(2)5-13/h4,7,13H,5H2,1-3H3,(H,10,14)/t7-/m1/s1. The zero-order valence-corrected chi connectivity index (χ0v) is 8.61. The SMILES string of the molecule is Cc1cc(C(=O)N[C@H](C)CO)n(C)n1. The molecule has 0 spiro atoms. The van der Waals surface area contributed by atoms with Crippen molar-refractivity contribution in [1.29, 1.82) is 0 Å². The van der Waals surface area contributed by atoms with Gasteiger partial charge in [-0.05, 0) is 19.9 Å². The molecule has 14 heavy (non-hydrogen) atoms. The highest BCUT2D eigenvalue weighted by Crippen LogP contribution is 2.01. The molecule has 0 saturated heterocycles. The molecule has 5 heteroatoms. The first kappa shape index (κ1) is 10.7. The van der Waals surface area contributed by atoms with Gasteiger partial charge in [0.05, 0.1) is 12.3 Å². The van der Waals surface area contributed by atoms with Crippen molar-refractivity contribution >= 4 is 5.91 Å². The maximum atomic E-state index is 11.6. The van der Waals surface area contributed by atoms with E-state index in [1.54, 1.807) is 20.0 Å². The molecule has 1 aromatic rings. The summed E-state index contributed by atoms with van der Waals surface area (Å²) in [5.74, 6) is -0.213. The minimum absolute atomic E-state index is 0.0669. The van der Waals surface area contributed by atoms with Crippen LogP contribution in [0, 0.1) is 6.92 Å².